The summed E-state index contributed by atoms with van der Waals surface area (Å²) < 4.78 is 36.5. The second kappa shape index (κ2) is 9.47. The molecule has 1 atom stereocenters. The van der Waals surface area contributed by atoms with Gasteiger partial charge in [-0.25, -0.2) is 8.42 Å². The van der Waals surface area contributed by atoms with Gasteiger partial charge in [-0.05, 0) is 55.5 Å². The second-order valence-corrected chi connectivity index (χ2v) is 9.30. The van der Waals surface area contributed by atoms with Gasteiger partial charge in [-0.1, -0.05) is 0 Å². The Hall–Kier alpha value is -2.94. The molecular formula is C22H29N3O5S. The number of hydrogen-bond acceptors (Lipinski definition) is 6. The van der Waals surface area contributed by atoms with Crippen LogP contribution in [0, 0.1) is 0 Å². The molecule has 0 radical (unpaired) electrons. The van der Waals surface area contributed by atoms with Gasteiger partial charge in [0.2, 0.25) is 15.9 Å². The Morgan fingerprint density at radius 2 is 1.39 bits per heavy atom. The van der Waals surface area contributed by atoms with Crippen molar-refractivity contribution in [3.8, 4) is 11.5 Å². The van der Waals surface area contributed by atoms with Gasteiger partial charge in [0.05, 0.1) is 26.2 Å². The number of carbonyl (C=O) groups is 1. The number of piperazine rings is 1. The minimum atomic E-state index is -3.66. The number of carbonyl (C=O) groups excluding carboxylic acids is 1. The highest BCUT2D eigenvalue weighted by atomic mass is 32.2. The van der Waals surface area contributed by atoms with Crippen LogP contribution in [-0.4, -0.2) is 71.9 Å². The van der Waals surface area contributed by atoms with Gasteiger partial charge >= 0.3 is 0 Å². The van der Waals surface area contributed by atoms with E-state index >= 15 is 0 Å². The van der Waals surface area contributed by atoms with E-state index in [-0.39, 0.29) is 5.91 Å². The molecule has 2 aromatic carbocycles. The Morgan fingerprint density at radius 1 is 0.903 bits per heavy atom. The SMILES string of the molecule is COc1ccc(N2CCN(C(=O)C(C)N(c3ccc(OC)cc3)S(C)(=O)=O)CC2)cc1. The molecule has 1 aliphatic heterocycles. The number of amides is 1. The lowest BCUT2D eigenvalue weighted by Gasteiger charge is -2.39. The average molecular weight is 448 g/mol. The molecule has 0 bridgehead atoms. The Balaban J connectivity index is 1.70. The first kappa shape index (κ1) is 22.7. The van der Waals surface area contributed by atoms with Crippen LogP contribution in [0.2, 0.25) is 0 Å². The molecule has 1 heterocycles. The highest BCUT2D eigenvalue weighted by molar-refractivity contribution is 7.92. The second-order valence-electron chi connectivity index (χ2n) is 7.44. The lowest BCUT2D eigenvalue weighted by atomic mass is 10.2. The molecule has 1 amide bonds. The van der Waals surface area contributed by atoms with E-state index in [0.29, 0.717) is 37.6 Å². The maximum atomic E-state index is 13.2. The van der Waals surface area contributed by atoms with Gasteiger partial charge in [0.25, 0.3) is 0 Å². The van der Waals surface area contributed by atoms with E-state index in [4.69, 9.17) is 9.47 Å². The minimum Gasteiger partial charge on any atom is -0.497 e. The highest BCUT2D eigenvalue weighted by Gasteiger charge is 2.33. The van der Waals surface area contributed by atoms with E-state index in [1.54, 1.807) is 50.3 Å². The monoisotopic (exact) mass is 447 g/mol. The smallest absolute Gasteiger partial charge is 0.246 e. The van der Waals surface area contributed by atoms with E-state index in [1.807, 2.05) is 24.3 Å². The molecule has 1 fully saturated rings. The van der Waals surface area contributed by atoms with Crippen molar-refractivity contribution in [3.05, 3.63) is 48.5 Å². The molecule has 168 valence electrons. The first-order valence-corrected chi connectivity index (χ1v) is 11.9. The van der Waals surface area contributed by atoms with Crippen molar-refractivity contribution >= 4 is 27.3 Å². The average Bonchev–Trinajstić information content (AvgIpc) is 2.78. The third-order valence-electron chi connectivity index (χ3n) is 5.42. The number of hydrogen-bond donors (Lipinski definition) is 0. The molecule has 0 saturated carbocycles. The molecule has 0 spiro atoms. The Labute approximate surface area is 184 Å². The van der Waals surface area contributed by atoms with Crippen LogP contribution in [0.15, 0.2) is 48.5 Å². The zero-order valence-corrected chi connectivity index (χ0v) is 19.1. The molecule has 0 aromatic heterocycles. The third kappa shape index (κ3) is 5.22. The van der Waals surface area contributed by atoms with E-state index in [0.717, 1.165) is 17.7 Å². The van der Waals surface area contributed by atoms with Crippen molar-refractivity contribution in [2.75, 3.05) is 55.9 Å². The maximum absolute atomic E-state index is 13.2. The van der Waals surface area contributed by atoms with Gasteiger partial charge in [-0.3, -0.25) is 9.10 Å². The number of benzene rings is 2. The number of ether oxygens (including phenoxy) is 2. The molecule has 1 saturated heterocycles. The van der Waals surface area contributed by atoms with Crippen molar-refractivity contribution < 1.29 is 22.7 Å². The quantitative estimate of drug-likeness (QED) is 0.648. The summed E-state index contributed by atoms with van der Waals surface area (Å²) in [5.74, 6) is 1.20. The van der Waals surface area contributed by atoms with E-state index < -0.39 is 16.1 Å². The summed E-state index contributed by atoms with van der Waals surface area (Å²) in [5, 5.41) is 0. The summed E-state index contributed by atoms with van der Waals surface area (Å²) in [7, 11) is -0.484. The number of rotatable bonds is 7. The van der Waals surface area contributed by atoms with Gasteiger partial charge in [-0.15, -0.1) is 0 Å². The fourth-order valence-electron chi connectivity index (χ4n) is 3.77. The number of sulfonamides is 1. The van der Waals surface area contributed by atoms with Crippen LogP contribution in [0.1, 0.15) is 6.92 Å². The fraction of sp³-hybridized carbons (Fsp3) is 0.409. The minimum absolute atomic E-state index is 0.212. The standard InChI is InChI=1S/C22H29N3O5S/c1-17(25(31(4,27)28)19-7-11-21(30-3)12-8-19)22(26)24-15-13-23(14-16-24)18-5-9-20(29-2)10-6-18/h5-12,17H,13-16H2,1-4H3. The number of anilines is 2. The van der Waals surface area contributed by atoms with Crippen molar-refractivity contribution in [1.29, 1.82) is 0 Å². The molecule has 3 rings (SSSR count). The molecule has 9 heteroatoms. The number of methoxy groups -OCH3 is 2. The summed E-state index contributed by atoms with van der Waals surface area (Å²) in [6, 6.07) is 13.6. The molecule has 8 nitrogen and oxygen atoms in total. The molecule has 1 aliphatic rings. The number of nitrogens with zero attached hydrogens (tertiary/aromatic N) is 3. The zero-order valence-electron chi connectivity index (χ0n) is 18.3. The third-order valence-corrected chi connectivity index (χ3v) is 6.66. The van der Waals surface area contributed by atoms with Crippen LogP contribution in [-0.2, 0) is 14.8 Å². The summed E-state index contributed by atoms with van der Waals surface area (Å²) >= 11 is 0. The summed E-state index contributed by atoms with van der Waals surface area (Å²) in [6.07, 6.45) is 1.11. The first-order valence-electron chi connectivity index (χ1n) is 10.1. The zero-order chi connectivity index (χ0) is 22.6. The lowest BCUT2D eigenvalue weighted by molar-refractivity contribution is -0.132. The van der Waals surface area contributed by atoms with Gasteiger partial charge < -0.3 is 19.3 Å². The Kier molecular flexibility index (Phi) is 6.94. The fourth-order valence-corrected chi connectivity index (χ4v) is 4.94. The van der Waals surface area contributed by atoms with Crippen LogP contribution >= 0.6 is 0 Å². The highest BCUT2D eigenvalue weighted by Crippen LogP contribution is 2.25. The van der Waals surface area contributed by atoms with Gasteiger partial charge in [0.1, 0.15) is 17.5 Å². The predicted octanol–water partition coefficient (Wildman–Crippen LogP) is 2.21. The van der Waals surface area contributed by atoms with Crippen molar-refractivity contribution in [2.24, 2.45) is 0 Å². The van der Waals surface area contributed by atoms with Gasteiger partial charge in [-0.2, -0.15) is 0 Å². The van der Waals surface area contributed by atoms with Crippen LogP contribution in [0.4, 0.5) is 11.4 Å². The Morgan fingerprint density at radius 3 is 1.84 bits per heavy atom. The largest absolute Gasteiger partial charge is 0.497 e. The summed E-state index contributed by atoms with van der Waals surface area (Å²) in [5.41, 5.74) is 1.50. The summed E-state index contributed by atoms with van der Waals surface area (Å²) in [6.45, 7) is 4.02. The van der Waals surface area contributed by atoms with E-state index in [9.17, 15) is 13.2 Å². The van der Waals surface area contributed by atoms with E-state index in [1.165, 1.54) is 4.31 Å². The van der Waals surface area contributed by atoms with Crippen molar-refractivity contribution in [3.63, 3.8) is 0 Å². The lowest BCUT2D eigenvalue weighted by Crippen LogP contribution is -2.55. The predicted molar refractivity (Wildman–Crippen MR) is 122 cm³/mol. The Bertz CT molecular complexity index is 985. The molecule has 31 heavy (non-hydrogen) atoms. The first-order chi connectivity index (χ1) is 14.7. The van der Waals surface area contributed by atoms with Gasteiger partial charge in [0.15, 0.2) is 0 Å². The molecule has 0 N–H and O–H groups in total. The molecule has 1 unspecified atom stereocenters. The van der Waals surface area contributed by atoms with Crippen LogP contribution < -0.4 is 18.7 Å². The topological polar surface area (TPSA) is 79.4 Å². The van der Waals surface area contributed by atoms with Crippen LogP contribution in [0.25, 0.3) is 0 Å². The molecule has 2 aromatic rings. The van der Waals surface area contributed by atoms with Crippen LogP contribution in [0.5, 0.6) is 11.5 Å². The summed E-state index contributed by atoms with van der Waals surface area (Å²) in [4.78, 5) is 17.1. The molecular weight excluding hydrogens is 418 g/mol. The van der Waals surface area contributed by atoms with E-state index in [2.05, 4.69) is 4.90 Å². The van der Waals surface area contributed by atoms with Crippen LogP contribution in [0.3, 0.4) is 0 Å². The molecule has 0 aliphatic carbocycles. The van der Waals surface area contributed by atoms with Gasteiger partial charge in [0, 0.05) is 31.9 Å². The van der Waals surface area contributed by atoms with Crippen molar-refractivity contribution in [2.45, 2.75) is 13.0 Å². The maximum Gasteiger partial charge on any atom is 0.246 e. The normalized spacial score (nSPS) is 15.4. The van der Waals surface area contributed by atoms with Crippen molar-refractivity contribution in [1.82, 2.24) is 4.90 Å².